The largest absolute Gasteiger partial charge is 0.349 e. The molecule has 0 spiro atoms. The molecule has 0 saturated carbocycles. The lowest BCUT2D eigenvalue weighted by Gasteiger charge is -2.02. The number of halogens is 1. The Balaban J connectivity index is 1.70. The minimum atomic E-state index is 0.786. The molecule has 0 aliphatic heterocycles. The lowest BCUT2D eigenvalue weighted by atomic mass is 10.3. The second kappa shape index (κ2) is 5.77. The van der Waals surface area contributed by atoms with E-state index < -0.39 is 0 Å². The zero-order valence-corrected chi connectivity index (χ0v) is 10.4. The van der Waals surface area contributed by atoms with E-state index in [9.17, 15) is 0 Å². The molecule has 0 atom stereocenters. The van der Waals surface area contributed by atoms with Crippen LogP contribution in [0.5, 0.6) is 0 Å². The van der Waals surface area contributed by atoms with E-state index in [1.807, 2.05) is 24.5 Å². The summed E-state index contributed by atoms with van der Waals surface area (Å²) in [5, 5.41) is 3.32. The predicted molar refractivity (Wildman–Crippen MR) is 65.9 cm³/mol. The summed E-state index contributed by atoms with van der Waals surface area (Å²) < 4.78 is 1.01. The Morgan fingerprint density at radius 2 is 2.25 bits per heavy atom. The Morgan fingerprint density at radius 1 is 1.31 bits per heavy atom. The van der Waals surface area contributed by atoms with Gasteiger partial charge in [-0.25, -0.2) is 4.98 Å². The third-order valence-electron chi connectivity index (χ3n) is 2.19. The first-order valence-corrected chi connectivity index (χ1v) is 5.93. The molecule has 5 heteroatoms. The average molecular weight is 281 g/mol. The van der Waals surface area contributed by atoms with Crippen LogP contribution in [-0.4, -0.2) is 21.5 Å². The van der Waals surface area contributed by atoms with Crippen LogP contribution >= 0.6 is 15.9 Å². The van der Waals surface area contributed by atoms with Crippen LogP contribution in [0.2, 0.25) is 0 Å². The molecule has 0 saturated heterocycles. The fourth-order valence-electron chi connectivity index (χ4n) is 1.37. The number of nitrogens with one attached hydrogen (secondary N) is 2. The number of imidazole rings is 1. The highest BCUT2D eigenvalue weighted by Crippen LogP contribution is 2.06. The van der Waals surface area contributed by atoms with Crippen LogP contribution in [0.4, 0.5) is 0 Å². The zero-order valence-electron chi connectivity index (χ0n) is 8.78. The van der Waals surface area contributed by atoms with Gasteiger partial charge in [0.2, 0.25) is 0 Å². The van der Waals surface area contributed by atoms with E-state index in [-0.39, 0.29) is 0 Å². The van der Waals surface area contributed by atoms with Gasteiger partial charge in [-0.3, -0.25) is 4.98 Å². The van der Waals surface area contributed by atoms with Gasteiger partial charge in [0.15, 0.2) is 0 Å². The van der Waals surface area contributed by atoms with E-state index in [4.69, 9.17) is 0 Å². The summed E-state index contributed by atoms with van der Waals surface area (Å²) in [6, 6.07) is 4.00. The van der Waals surface area contributed by atoms with Gasteiger partial charge in [-0.2, -0.15) is 0 Å². The molecule has 0 fully saturated rings. The Labute approximate surface area is 103 Å². The van der Waals surface area contributed by atoms with E-state index in [0.29, 0.717) is 0 Å². The van der Waals surface area contributed by atoms with E-state index >= 15 is 0 Å². The first-order chi connectivity index (χ1) is 7.84. The summed E-state index contributed by atoms with van der Waals surface area (Å²) in [7, 11) is 0. The molecule has 0 amide bonds. The molecule has 0 radical (unpaired) electrons. The van der Waals surface area contributed by atoms with Crippen LogP contribution < -0.4 is 5.32 Å². The zero-order chi connectivity index (χ0) is 11.2. The maximum atomic E-state index is 4.28. The van der Waals surface area contributed by atoms with Crippen molar-refractivity contribution in [1.29, 1.82) is 0 Å². The number of hydrogen-bond acceptors (Lipinski definition) is 3. The van der Waals surface area contributed by atoms with E-state index in [1.165, 1.54) is 0 Å². The molecule has 2 heterocycles. The molecule has 0 aliphatic carbocycles. The molecule has 0 bridgehead atoms. The van der Waals surface area contributed by atoms with Gasteiger partial charge in [-0.15, -0.1) is 0 Å². The molecule has 0 aromatic carbocycles. The highest BCUT2D eigenvalue weighted by molar-refractivity contribution is 9.10. The molecule has 0 aliphatic rings. The average Bonchev–Trinajstić information content (AvgIpc) is 2.80. The molecule has 84 valence electrons. The van der Waals surface area contributed by atoms with Gasteiger partial charge in [0.05, 0.1) is 5.69 Å². The standard InChI is InChI=1S/C11H13BrN4/c12-9-1-2-10(16-7-9)8-13-4-3-11-14-5-6-15-11/h1-2,5-7,13H,3-4,8H2,(H,14,15). The van der Waals surface area contributed by atoms with Gasteiger partial charge in [-0.05, 0) is 28.1 Å². The molecule has 16 heavy (non-hydrogen) atoms. The van der Waals surface area contributed by atoms with E-state index in [0.717, 1.165) is 35.5 Å². The molecule has 2 rings (SSSR count). The van der Waals surface area contributed by atoms with Crippen LogP contribution in [0.25, 0.3) is 0 Å². The van der Waals surface area contributed by atoms with Crippen molar-refractivity contribution in [3.8, 4) is 0 Å². The number of rotatable bonds is 5. The molecule has 0 unspecified atom stereocenters. The molecular formula is C11H13BrN4. The number of H-pyrrole nitrogens is 1. The van der Waals surface area contributed by atoms with Crippen molar-refractivity contribution in [1.82, 2.24) is 20.3 Å². The smallest absolute Gasteiger partial charge is 0.107 e. The minimum absolute atomic E-state index is 0.786. The SMILES string of the molecule is Brc1ccc(CNCCc2ncc[nH]2)nc1. The summed E-state index contributed by atoms with van der Waals surface area (Å²) >= 11 is 3.36. The van der Waals surface area contributed by atoms with Crippen LogP contribution in [0.15, 0.2) is 35.2 Å². The number of aromatic amines is 1. The third-order valence-corrected chi connectivity index (χ3v) is 2.66. The van der Waals surface area contributed by atoms with Gasteiger partial charge in [0.1, 0.15) is 5.82 Å². The minimum Gasteiger partial charge on any atom is -0.349 e. The van der Waals surface area contributed by atoms with Crippen LogP contribution in [0.1, 0.15) is 11.5 Å². The van der Waals surface area contributed by atoms with Crippen molar-refractivity contribution >= 4 is 15.9 Å². The van der Waals surface area contributed by atoms with Crippen molar-refractivity contribution in [3.05, 3.63) is 46.7 Å². The summed E-state index contributed by atoms with van der Waals surface area (Å²) in [4.78, 5) is 11.5. The van der Waals surface area contributed by atoms with Crippen LogP contribution in [0.3, 0.4) is 0 Å². The van der Waals surface area contributed by atoms with Crippen LogP contribution in [-0.2, 0) is 13.0 Å². The second-order valence-electron chi connectivity index (χ2n) is 3.43. The van der Waals surface area contributed by atoms with E-state index in [2.05, 4.69) is 36.2 Å². The monoisotopic (exact) mass is 280 g/mol. The first kappa shape index (κ1) is 11.3. The van der Waals surface area contributed by atoms with Crippen molar-refractivity contribution in [3.63, 3.8) is 0 Å². The highest BCUT2D eigenvalue weighted by Gasteiger charge is 1.96. The number of pyridine rings is 1. The van der Waals surface area contributed by atoms with E-state index in [1.54, 1.807) is 6.20 Å². The topological polar surface area (TPSA) is 53.6 Å². The normalized spacial score (nSPS) is 10.6. The van der Waals surface area contributed by atoms with Crippen molar-refractivity contribution in [2.24, 2.45) is 0 Å². The van der Waals surface area contributed by atoms with Gasteiger partial charge in [0, 0.05) is 42.6 Å². The molecular weight excluding hydrogens is 268 g/mol. The Kier molecular flexibility index (Phi) is 4.07. The summed E-state index contributed by atoms with van der Waals surface area (Å²) in [5.41, 5.74) is 1.04. The molecule has 2 aromatic heterocycles. The number of nitrogens with zero attached hydrogens (tertiary/aromatic N) is 2. The van der Waals surface area contributed by atoms with Crippen LogP contribution in [0, 0.1) is 0 Å². The second-order valence-corrected chi connectivity index (χ2v) is 4.35. The maximum Gasteiger partial charge on any atom is 0.107 e. The predicted octanol–water partition coefficient (Wildman–Crippen LogP) is 1.90. The lowest BCUT2D eigenvalue weighted by Crippen LogP contribution is -2.17. The molecule has 2 N–H and O–H groups in total. The Hall–Kier alpha value is -1.20. The summed E-state index contributed by atoms with van der Waals surface area (Å²) in [6.45, 7) is 1.68. The summed E-state index contributed by atoms with van der Waals surface area (Å²) in [6.07, 6.45) is 6.32. The number of aromatic nitrogens is 3. The quantitative estimate of drug-likeness (QED) is 0.823. The fourth-order valence-corrected chi connectivity index (χ4v) is 1.60. The van der Waals surface area contributed by atoms with Crippen molar-refractivity contribution < 1.29 is 0 Å². The Bertz CT molecular complexity index is 410. The van der Waals surface area contributed by atoms with Crippen molar-refractivity contribution in [2.75, 3.05) is 6.54 Å². The molecule has 4 nitrogen and oxygen atoms in total. The first-order valence-electron chi connectivity index (χ1n) is 5.14. The third kappa shape index (κ3) is 3.43. The van der Waals surface area contributed by atoms with Gasteiger partial charge >= 0.3 is 0 Å². The van der Waals surface area contributed by atoms with Gasteiger partial charge < -0.3 is 10.3 Å². The van der Waals surface area contributed by atoms with Crippen molar-refractivity contribution in [2.45, 2.75) is 13.0 Å². The summed E-state index contributed by atoms with van der Waals surface area (Å²) in [5.74, 6) is 1.01. The maximum absolute atomic E-state index is 4.28. The lowest BCUT2D eigenvalue weighted by molar-refractivity contribution is 0.663. The fraction of sp³-hybridized carbons (Fsp3) is 0.273. The molecule has 2 aromatic rings. The Morgan fingerprint density at radius 3 is 2.94 bits per heavy atom. The highest BCUT2D eigenvalue weighted by atomic mass is 79.9. The number of hydrogen-bond donors (Lipinski definition) is 2. The van der Waals surface area contributed by atoms with Gasteiger partial charge in [0.25, 0.3) is 0 Å². The van der Waals surface area contributed by atoms with Gasteiger partial charge in [-0.1, -0.05) is 0 Å².